The molecule has 5 N–H and O–H groups in total. The van der Waals surface area contributed by atoms with E-state index < -0.39 is 31.1 Å². The third-order valence-corrected chi connectivity index (χ3v) is 3.04. The average Bonchev–Trinajstić information content (AvgIpc) is 2.13. The molecule has 0 saturated heterocycles. The number of rotatable bonds is 6. The Morgan fingerprint density at radius 2 is 1.76 bits per heavy atom. The first-order chi connectivity index (χ1) is 7.55. The first-order valence-electron chi connectivity index (χ1n) is 5.21. The lowest BCUT2D eigenvalue weighted by molar-refractivity contribution is -0.126. The van der Waals surface area contributed by atoms with E-state index in [9.17, 15) is 14.2 Å². The molecule has 0 aliphatic rings. The summed E-state index contributed by atoms with van der Waals surface area (Å²) in [5.74, 6) is -0.378. The lowest BCUT2D eigenvalue weighted by Crippen LogP contribution is -2.47. The maximum Gasteiger partial charge on any atom is 0.393 e. The van der Waals surface area contributed by atoms with Crippen molar-refractivity contribution in [3.63, 3.8) is 0 Å². The summed E-state index contributed by atoms with van der Waals surface area (Å²) in [6.45, 7) is 4.98. The van der Waals surface area contributed by atoms with E-state index in [1.165, 1.54) is 6.92 Å². The maximum absolute atomic E-state index is 11.5. The van der Waals surface area contributed by atoms with E-state index in [1.807, 2.05) is 13.8 Å². The van der Waals surface area contributed by atoms with Gasteiger partial charge in [0.1, 0.15) is 0 Å². The molecule has 7 nitrogen and oxygen atoms in total. The molecule has 0 aliphatic heterocycles. The van der Waals surface area contributed by atoms with Crippen molar-refractivity contribution in [2.45, 2.75) is 39.3 Å². The van der Waals surface area contributed by atoms with Crippen molar-refractivity contribution in [3.05, 3.63) is 0 Å². The van der Waals surface area contributed by atoms with Crippen molar-refractivity contribution < 1.29 is 23.9 Å². The van der Waals surface area contributed by atoms with Gasteiger partial charge in [-0.3, -0.25) is 14.2 Å². The second-order valence-electron chi connectivity index (χ2n) is 4.35. The Labute approximate surface area is 99.9 Å². The van der Waals surface area contributed by atoms with Crippen LogP contribution in [0.4, 0.5) is 0 Å². The summed E-state index contributed by atoms with van der Waals surface area (Å²) in [6, 6.07) is -2.04. The first kappa shape index (κ1) is 16.2. The van der Waals surface area contributed by atoms with E-state index >= 15 is 0 Å². The Balaban J connectivity index is 4.40. The number of amides is 1. The fourth-order valence-electron chi connectivity index (χ4n) is 1.25. The SMILES string of the molecule is CC(C)C[C@H](N)C(=O)N[C@H](C)C(=O)P(=O)(O)O. The van der Waals surface area contributed by atoms with Gasteiger partial charge in [-0.25, -0.2) is 0 Å². The summed E-state index contributed by atoms with van der Waals surface area (Å²) in [6.07, 6.45) is 0.433. The highest BCUT2D eigenvalue weighted by atomic mass is 31.2. The number of hydrogen-bond acceptors (Lipinski definition) is 4. The molecule has 0 heterocycles. The number of nitrogens with one attached hydrogen (secondary N) is 1. The standard InChI is InChI=1S/C9H19N2O5P/c1-5(2)4-7(10)8(12)11-6(3)9(13)17(14,15)16/h5-7H,4,10H2,1-3H3,(H,11,12)(H2,14,15,16)/t6-,7+/m1/s1. The van der Waals surface area contributed by atoms with Crippen molar-refractivity contribution in [3.8, 4) is 0 Å². The molecule has 0 rings (SSSR count). The van der Waals surface area contributed by atoms with Crippen LogP contribution < -0.4 is 11.1 Å². The van der Waals surface area contributed by atoms with Gasteiger partial charge in [0.15, 0.2) is 0 Å². The zero-order chi connectivity index (χ0) is 13.8. The highest BCUT2D eigenvalue weighted by molar-refractivity contribution is 7.70. The van der Waals surface area contributed by atoms with Crippen molar-refractivity contribution in [1.29, 1.82) is 0 Å². The van der Waals surface area contributed by atoms with Crippen LogP contribution in [-0.4, -0.2) is 33.3 Å². The Bertz CT molecular complexity index is 338. The molecule has 0 bridgehead atoms. The van der Waals surface area contributed by atoms with Gasteiger partial charge in [0.25, 0.3) is 5.52 Å². The van der Waals surface area contributed by atoms with Crippen LogP contribution in [0.25, 0.3) is 0 Å². The van der Waals surface area contributed by atoms with Crippen LogP contribution in [0, 0.1) is 5.92 Å². The Kier molecular flexibility index (Phi) is 5.98. The molecule has 0 saturated carbocycles. The minimum absolute atomic E-state index is 0.212. The van der Waals surface area contributed by atoms with Gasteiger partial charge in [-0.2, -0.15) is 0 Å². The number of hydrogen-bond donors (Lipinski definition) is 4. The third kappa shape index (κ3) is 5.93. The topological polar surface area (TPSA) is 130 Å². The molecule has 0 unspecified atom stereocenters. The Hall–Kier alpha value is -0.750. The molecule has 0 aromatic rings. The van der Waals surface area contributed by atoms with Crippen molar-refractivity contribution in [2.24, 2.45) is 11.7 Å². The van der Waals surface area contributed by atoms with Crippen LogP contribution >= 0.6 is 7.60 Å². The van der Waals surface area contributed by atoms with Crippen LogP contribution in [-0.2, 0) is 14.2 Å². The number of carbonyl (C=O) groups excluding carboxylic acids is 2. The van der Waals surface area contributed by atoms with E-state index in [-0.39, 0.29) is 5.92 Å². The van der Waals surface area contributed by atoms with Gasteiger partial charge in [-0.1, -0.05) is 13.8 Å². The minimum atomic E-state index is -4.82. The summed E-state index contributed by atoms with van der Waals surface area (Å²) >= 11 is 0. The van der Waals surface area contributed by atoms with Gasteiger partial charge >= 0.3 is 7.60 Å². The van der Waals surface area contributed by atoms with Gasteiger partial charge < -0.3 is 20.8 Å². The Morgan fingerprint density at radius 1 is 1.29 bits per heavy atom. The molecule has 8 heteroatoms. The number of carbonyl (C=O) groups is 2. The van der Waals surface area contributed by atoms with Crippen LogP contribution in [0.3, 0.4) is 0 Å². The molecular formula is C9H19N2O5P. The molecule has 0 aliphatic carbocycles. The largest absolute Gasteiger partial charge is 0.393 e. The van der Waals surface area contributed by atoms with E-state index in [1.54, 1.807) is 0 Å². The summed E-state index contributed by atoms with van der Waals surface area (Å²) in [5, 5.41) is 2.19. The highest BCUT2D eigenvalue weighted by Gasteiger charge is 2.32. The molecule has 17 heavy (non-hydrogen) atoms. The molecule has 2 atom stereocenters. The van der Waals surface area contributed by atoms with Crippen molar-refractivity contribution >= 4 is 19.0 Å². The third-order valence-electron chi connectivity index (χ3n) is 2.08. The summed E-state index contributed by atoms with van der Waals surface area (Å²) < 4.78 is 10.7. The molecule has 0 radical (unpaired) electrons. The maximum atomic E-state index is 11.5. The first-order valence-corrected chi connectivity index (χ1v) is 6.82. The summed E-state index contributed by atoms with van der Waals surface area (Å²) in [4.78, 5) is 39.9. The quantitative estimate of drug-likeness (QED) is 0.482. The minimum Gasteiger partial charge on any atom is -0.345 e. The molecular weight excluding hydrogens is 247 g/mol. The van der Waals surface area contributed by atoms with Gasteiger partial charge in [0.2, 0.25) is 5.91 Å². The molecule has 100 valence electrons. The molecule has 0 fully saturated rings. The Morgan fingerprint density at radius 3 is 2.12 bits per heavy atom. The van der Waals surface area contributed by atoms with E-state index in [2.05, 4.69) is 5.32 Å². The van der Waals surface area contributed by atoms with Crippen LogP contribution in [0.2, 0.25) is 0 Å². The van der Waals surface area contributed by atoms with Crippen molar-refractivity contribution in [2.75, 3.05) is 0 Å². The lowest BCUT2D eigenvalue weighted by atomic mass is 10.0. The molecule has 0 aromatic carbocycles. The molecule has 1 amide bonds. The van der Waals surface area contributed by atoms with Gasteiger partial charge in [-0.05, 0) is 19.3 Å². The monoisotopic (exact) mass is 266 g/mol. The van der Waals surface area contributed by atoms with Gasteiger partial charge in [0.05, 0.1) is 12.1 Å². The van der Waals surface area contributed by atoms with E-state index in [0.717, 1.165) is 0 Å². The summed E-state index contributed by atoms with van der Waals surface area (Å²) in [7, 11) is -4.82. The predicted octanol–water partition coefficient (Wildman–Crippen LogP) is -0.431. The molecule has 0 aromatic heterocycles. The predicted molar refractivity (Wildman–Crippen MR) is 62.1 cm³/mol. The normalized spacial score (nSPS) is 15.5. The number of nitrogens with two attached hydrogens (primary N) is 1. The van der Waals surface area contributed by atoms with Gasteiger partial charge in [0, 0.05) is 0 Å². The van der Waals surface area contributed by atoms with Crippen molar-refractivity contribution in [1.82, 2.24) is 5.32 Å². The smallest absolute Gasteiger partial charge is 0.345 e. The molecule has 0 spiro atoms. The van der Waals surface area contributed by atoms with Crippen LogP contribution in [0.15, 0.2) is 0 Å². The second kappa shape index (κ2) is 6.26. The fraction of sp³-hybridized carbons (Fsp3) is 0.778. The fourth-order valence-corrected chi connectivity index (χ4v) is 1.82. The van der Waals surface area contributed by atoms with Crippen LogP contribution in [0.5, 0.6) is 0 Å². The summed E-state index contributed by atoms with van der Waals surface area (Å²) in [5.41, 5.74) is 4.24. The zero-order valence-corrected chi connectivity index (χ0v) is 11.0. The van der Waals surface area contributed by atoms with E-state index in [0.29, 0.717) is 6.42 Å². The van der Waals surface area contributed by atoms with Gasteiger partial charge in [-0.15, -0.1) is 0 Å². The highest BCUT2D eigenvalue weighted by Crippen LogP contribution is 2.36. The second-order valence-corrected chi connectivity index (χ2v) is 5.88. The zero-order valence-electron chi connectivity index (χ0n) is 10.1. The average molecular weight is 266 g/mol. The van der Waals surface area contributed by atoms with E-state index in [4.69, 9.17) is 15.5 Å². The lowest BCUT2D eigenvalue weighted by Gasteiger charge is -2.18. The van der Waals surface area contributed by atoms with Crippen LogP contribution in [0.1, 0.15) is 27.2 Å².